The van der Waals surface area contributed by atoms with Gasteiger partial charge in [0.15, 0.2) is 0 Å². The predicted octanol–water partition coefficient (Wildman–Crippen LogP) is 2.00. The van der Waals surface area contributed by atoms with Crippen molar-refractivity contribution in [2.24, 2.45) is 0 Å². The van der Waals surface area contributed by atoms with Crippen LogP contribution in [0.4, 0.5) is 0 Å². The Labute approximate surface area is 109 Å². The van der Waals surface area contributed by atoms with Crippen molar-refractivity contribution in [2.45, 2.75) is 27.1 Å². The molecule has 1 aromatic heterocycles. The minimum atomic E-state index is 0.289. The Balaban J connectivity index is 2.84. The van der Waals surface area contributed by atoms with Gasteiger partial charge >= 0.3 is 0 Å². The number of nitrogens with zero attached hydrogens (tertiary/aromatic N) is 1. The third kappa shape index (κ3) is 3.89. The maximum Gasteiger partial charge on any atom is 0.107 e. The summed E-state index contributed by atoms with van der Waals surface area (Å²) < 4.78 is 10.7. The topological polar surface area (TPSA) is 31.4 Å². The quantitative estimate of drug-likeness (QED) is 0.565. The molecule has 0 saturated carbocycles. The van der Waals surface area contributed by atoms with E-state index in [0.29, 0.717) is 19.8 Å². The summed E-state index contributed by atoms with van der Waals surface area (Å²) in [6, 6.07) is 0. The van der Waals surface area contributed by atoms with Crippen LogP contribution in [0.1, 0.15) is 22.4 Å². The van der Waals surface area contributed by atoms with Gasteiger partial charge in [-0.1, -0.05) is 11.8 Å². The van der Waals surface area contributed by atoms with E-state index >= 15 is 0 Å². The van der Waals surface area contributed by atoms with E-state index in [-0.39, 0.29) is 6.61 Å². The Morgan fingerprint density at radius 3 is 2.33 bits per heavy atom. The average Bonchev–Trinajstić information content (AvgIpc) is 2.37. The van der Waals surface area contributed by atoms with Crippen molar-refractivity contribution in [2.75, 3.05) is 13.2 Å². The molecule has 1 heterocycles. The molecule has 94 valence electrons. The van der Waals surface area contributed by atoms with Gasteiger partial charge in [0.05, 0.1) is 13.2 Å². The van der Waals surface area contributed by atoms with Crippen LogP contribution in [-0.2, 0) is 22.7 Å². The van der Waals surface area contributed by atoms with Gasteiger partial charge in [-0.15, -0.1) is 12.8 Å². The molecule has 0 N–H and O–H groups in total. The Bertz CT molecular complexity index is 480. The largest absolute Gasteiger partial charge is 0.364 e. The van der Waals surface area contributed by atoms with Crippen molar-refractivity contribution in [3.63, 3.8) is 0 Å². The Hall–Kier alpha value is -1.81. The number of pyridine rings is 1. The zero-order valence-electron chi connectivity index (χ0n) is 10.8. The minimum Gasteiger partial charge on any atom is -0.364 e. The summed E-state index contributed by atoms with van der Waals surface area (Å²) in [5.41, 5.74) is 4.16. The van der Waals surface area contributed by atoms with Gasteiger partial charge in [-0.2, -0.15) is 0 Å². The molecule has 0 aliphatic heterocycles. The molecule has 0 radical (unpaired) electrons. The van der Waals surface area contributed by atoms with E-state index in [1.807, 2.05) is 13.8 Å². The lowest BCUT2D eigenvalue weighted by Crippen LogP contribution is -2.06. The second-order valence-electron chi connectivity index (χ2n) is 3.87. The van der Waals surface area contributed by atoms with Crippen LogP contribution in [0.5, 0.6) is 0 Å². The maximum atomic E-state index is 5.39. The number of rotatable bonds is 6. The van der Waals surface area contributed by atoms with Crippen molar-refractivity contribution in [1.82, 2.24) is 4.98 Å². The SMILES string of the molecule is C#CCOCc1cnc(C)c(C)c1COCC#C. The van der Waals surface area contributed by atoms with Crippen LogP contribution in [0.3, 0.4) is 0 Å². The standard InChI is InChI=1S/C15H17NO2/c1-5-7-17-10-14-9-16-13(4)12(3)15(14)11-18-8-6-2/h1-2,9H,7-8,10-11H2,3-4H3. The van der Waals surface area contributed by atoms with Crippen LogP contribution in [0.25, 0.3) is 0 Å². The molecular formula is C15H17NO2. The van der Waals surface area contributed by atoms with Gasteiger partial charge in [0.2, 0.25) is 0 Å². The second-order valence-corrected chi connectivity index (χ2v) is 3.87. The summed E-state index contributed by atoms with van der Waals surface area (Å²) in [5.74, 6) is 4.88. The molecule has 1 aromatic rings. The Morgan fingerprint density at radius 1 is 1.11 bits per heavy atom. The van der Waals surface area contributed by atoms with E-state index < -0.39 is 0 Å². The Morgan fingerprint density at radius 2 is 1.72 bits per heavy atom. The predicted molar refractivity (Wildman–Crippen MR) is 70.7 cm³/mol. The molecule has 0 bridgehead atoms. The monoisotopic (exact) mass is 243 g/mol. The molecule has 0 fully saturated rings. The molecule has 3 nitrogen and oxygen atoms in total. The van der Waals surface area contributed by atoms with Gasteiger partial charge in [0, 0.05) is 17.5 Å². The van der Waals surface area contributed by atoms with Crippen LogP contribution in [0.15, 0.2) is 6.20 Å². The van der Waals surface area contributed by atoms with Gasteiger partial charge in [0.1, 0.15) is 13.2 Å². The normalized spacial score (nSPS) is 9.78. The van der Waals surface area contributed by atoms with E-state index in [2.05, 4.69) is 16.8 Å². The summed E-state index contributed by atoms with van der Waals surface area (Å²) in [6.07, 6.45) is 12.1. The third-order valence-electron chi connectivity index (χ3n) is 2.67. The summed E-state index contributed by atoms with van der Waals surface area (Å²) in [4.78, 5) is 4.32. The van der Waals surface area contributed by atoms with E-state index in [0.717, 1.165) is 22.4 Å². The molecule has 18 heavy (non-hydrogen) atoms. The first-order valence-corrected chi connectivity index (χ1v) is 5.67. The lowest BCUT2D eigenvalue weighted by atomic mass is 10.0. The van der Waals surface area contributed by atoms with E-state index in [1.54, 1.807) is 6.20 Å². The fourth-order valence-electron chi connectivity index (χ4n) is 1.57. The van der Waals surface area contributed by atoms with Gasteiger partial charge in [0.25, 0.3) is 0 Å². The fourth-order valence-corrected chi connectivity index (χ4v) is 1.57. The van der Waals surface area contributed by atoms with Gasteiger partial charge in [-0.25, -0.2) is 0 Å². The van der Waals surface area contributed by atoms with Crippen molar-refractivity contribution in [3.8, 4) is 24.7 Å². The van der Waals surface area contributed by atoms with E-state index in [4.69, 9.17) is 22.3 Å². The summed E-state index contributed by atoms with van der Waals surface area (Å²) >= 11 is 0. The average molecular weight is 243 g/mol. The number of aryl methyl sites for hydroxylation is 1. The Kier molecular flexibility index (Phi) is 5.94. The molecule has 0 saturated heterocycles. The van der Waals surface area contributed by atoms with Gasteiger partial charge in [-0.3, -0.25) is 4.98 Å². The first-order chi connectivity index (χ1) is 8.70. The number of aromatic nitrogens is 1. The first-order valence-electron chi connectivity index (χ1n) is 5.67. The van der Waals surface area contributed by atoms with E-state index in [9.17, 15) is 0 Å². The molecule has 0 aliphatic carbocycles. The summed E-state index contributed by atoms with van der Waals surface area (Å²) in [6.45, 7) is 5.47. The molecular weight excluding hydrogens is 226 g/mol. The lowest BCUT2D eigenvalue weighted by Gasteiger charge is -2.13. The van der Waals surface area contributed by atoms with Crippen molar-refractivity contribution >= 4 is 0 Å². The molecule has 0 unspecified atom stereocenters. The highest BCUT2D eigenvalue weighted by molar-refractivity contribution is 5.34. The smallest absolute Gasteiger partial charge is 0.107 e. The van der Waals surface area contributed by atoms with Crippen LogP contribution >= 0.6 is 0 Å². The summed E-state index contributed by atoms with van der Waals surface area (Å²) in [5, 5.41) is 0. The zero-order valence-corrected chi connectivity index (χ0v) is 10.8. The molecule has 1 rings (SSSR count). The molecule has 0 aromatic carbocycles. The summed E-state index contributed by atoms with van der Waals surface area (Å²) in [7, 11) is 0. The van der Waals surface area contributed by atoms with Gasteiger partial charge < -0.3 is 9.47 Å². The van der Waals surface area contributed by atoms with Crippen LogP contribution in [-0.4, -0.2) is 18.2 Å². The highest BCUT2D eigenvalue weighted by atomic mass is 16.5. The van der Waals surface area contributed by atoms with E-state index in [1.165, 1.54) is 0 Å². The van der Waals surface area contributed by atoms with Crippen LogP contribution < -0.4 is 0 Å². The minimum absolute atomic E-state index is 0.289. The van der Waals surface area contributed by atoms with Crippen LogP contribution in [0.2, 0.25) is 0 Å². The molecule has 0 spiro atoms. The highest BCUT2D eigenvalue weighted by Crippen LogP contribution is 2.18. The molecule has 0 amide bonds. The van der Waals surface area contributed by atoms with Crippen molar-refractivity contribution < 1.29 is 9.47 Å². The lowest BCUT2D eigenvalue weighted by molar-refractivity contribution is 0.137. The van der Waals surface area contributed by atoms with Crippen molar-refractivity contribution in [1.29, 1.82) is 0 Å². The number of hydrogen-bond acceptors (Lipinski definition) is 3. The highest BCUT2D eigenvalue weighted by Gasteiger charge is 2.09. The molecule has 0 atom stereocenters. The number of ether oxygens (including phenoxy) is 2. The zero-order chi connectivity index (χ0) is 13.4. The third-order valence-corrected chi connectivity index (χ3v) is 2.67. The molecule has 0 aliphatic rings. The number of hydrogen-bond donors (Lipinski definition) is 0. The van der Waals surface area contributed by atoms with Crippen LogP contribution in [0, 0.1) is 38.5 Å². The fraction of sp³-hybridized carbons (Fsp3) is 0.400. The van der Waals surface area contributed by atoms with Gasteiger partial charge in [-0.05, 0) is 25.0 Å². The van der Waals surface area contributed by atoms with Crippen molar-refractivity contribution in [3.05, 3.63) is 28.6 Å². The number of terminal acetylenes is 2. The molecule has 3 heteroatoms. The first kappa shape index (κ1) is 14.3. The second kappa shape index (κ2) is 7.50. The maximum absolute atomic E-state index is 5.39.